The van der Waals surface area contributed by atoms with Crippen molar-refractivity contribution in [2.24, 2.45) is 0 Å². The molecule has 2 aliphatic carbocycles. The van der Waals surface area contributed by atoms with Crippen LogP contribution in [0.25, 0.3) is 5.57 Å². The maximum atomic E-state index is 5.40. The SMILES string of the molecule is COc1cc(C2=CC3=CCCCC3=C2)ccc1C. The van der Waals surface area contributed by atoms with Crippen molar-refractivity contribution in [2.75, 3.05) is 7.11 Å². The summed E-state index contributed by atoms with van der Waals surface area (Å²) < 4.78 is 5.40. The second-order valence-electron chi connectivity index (χ2n) is 5.01. The Kier molecular flexibility index (Phi) is 2.83. The number of hydrogen-bond acceptors (Lipinski definition) is 1. The zero-order valence-corrected chi connectivity index (χ0v) is 11.0. The number of benzene rings is 1. The van der Waals surface area contributed by atoms with Crippen LogP contribution in [-0.4, -0.2) is 7.11 Å². The standard InChI is InChI=1S/C17H18O/c1-12-7-8-15(11-17(12)18-2)16-9-13-5-3-4-6-14(13)10-16/h5,7-11H,3-4,6H2,1-2H3. The van der Waals surface area contributed by atoms with Crippen molar-refractivity contribution in [3.05, 3.63) is 58.7 Å². The number of fused-ring (bicyclic) bond motifs is 1. The molecule has 18 heavy (non-hydrogen) atoms. The summed E-state index contributed by atoms with van der Waals surface area (Å²) in [7, 11) is 1.73. The molecule has 0 bridgehead atoms. The van der Waals surface area contributed by atoms with E-state index >= 15 is 0 Å². The van der Waals surface area contributed by atoms with Gasteiger partial charge in [-0.2, -0.15) is 0 Å². The minimum atomic E-state index is 0.968. The fraction of sp³-hybridized carbons (Fsp3) is 0.294. The van der Waals surface area contributed by atoms with Gasteiger partial charge in [0, 0.05) is 0 Å². The smallest absolute Gasteiger partial charge is 0.122 e. The molecule has 0 radical (unpaired) electrons. The van der Waals surface area contributed by atoms with E-state index in [0.717, 1.165) is 5.75 Å². The minimum Gasteiger partial charge on any atom is -0.496 e. The van der Waals surface area contributed by atoms with Crippen molar-refractivity contribution in [2.45, 2.75) is 26.2 Å². The second-order valence-corrected chi connectivity index (χ2v) is 5.01. The first-order chi connectivity index (χ1) is 8.78. The molecule has 0 amide bonds. The maximum Gasteiger partial charge on any atom is 0.122 e. The van der Waals surface area contributed by atoms with Gasteiger partial charge in [-0.3, -0.25) is 0 Å². The molecule has 0 N–H and O–H groups in total. The Morgan fingerprint density at radius 2 is 2.00 bits per heavy atom. The summed E-state index contributed by atoms with van der Waals surface area (Å²) in [6.07, 6.45) is 10.7. The fourth-order valence-electron chi connectivity index (χ4n) is 2.70. The molecule has 0 saturated carbocycles. The second kappa shape index (κ2) is 4.49. The normalized spacial score (nSPS) is 17.8. The zero-order chi connectivity index (χ0) is 12.5. The van der Waals surface area contributed by atoms with Crippen LogP contribution in [0.2, 0.25) is 0 Å². The van der Waals surface area contributed by atoms with Crippen LogP contribution < -0.4 is 4.74 Å². The molecule has 0 unspecified atom stereocenters. The molecular weight excluding hydrogens is 220 g/mol. The first kappa shape index (κ1) is 11.3. The van der Waals surface area contributed by atoms with E-state index in [1.54, 1.807) is 7.11 Å². The first-order valence-electron chi connectivity index (χ1n) is 6.56. The summed E-state index contributed by atoms with van der Waals surface area (Å²) in [4.78, 5) is 0. The first-order valence-corrected chi connectivity index (χ1v) is 6.56. The molecule has 0 atom stereocenters. The summed E-state index contributed by atoms with van der Waals surface area (Å²) in [6, 6.07) is 6.44. The lowest BCUT2D eigenvalue weighted by Gasteiger charge is -2.09. The molecule has 92 valence electrons. The summed E-state index contributed by atoms with van der Waals surface area (Å²) in [5.41, 5.74) is 6.67. The van der Waals surface area contributed by atoms with E-state index in [1.807, 2.05) is 0 Å². The van der Waals surface area contributed by atoms with Gasteiger partial charge in [-0.25, -0.2) is 0 Å². The van der Waals surface area contributed by atoms with Gasteiger partial charge in [-0.05, 0) is 66.2 Å². The largest absolute Gasteiger partial charge is 0.496 e. The van der Waals surface area contributed by atoms with Crippen molar-refractivity contribution in [1.82, 2.24) is 0 Å². The number of ether oxygens (including phenoxy) is 1. The van der Waals surface area contributed by atoms with Crippen LogP contribution in [0.4, 0.5) is 0 Å². The third-order valence-corrected chi connectivity index (χ3v) is 3.77. The lowest BCUT2D eigenvalue weighted by Crippen LogP contribution is -1.90. The quantitative estimate of drug-likeness (QED) is 0.740. The summed E-state index contributed by atoms with van der Waals surface area (Å²) in [5.74, 6) is 0.968. The van der Waals surface area contributed by atoms with Gasteiger partial charge in [-0.1, -0.05) is 24.3 Å². The van der Waals surface area contributed by atoms with Gasteiger partial charge in [-0.15, -0.1) is 0 Å². The molecule has 0 fully saturated rings. The third-order valence-electron chi connectivity index (χ3n) is 3.77. The number of methoxy groups -OCH3 is 1. The van der Waals surface area contributed by atoms with Gasteiger partial charge >= 0.3 is 0 Å². The highest BCUT2D eigenvalue weighted by molar-refractivity contribution is 5.84. The van der Waals surface area contributed by atoms with Crippen molar-refractivity contribution >= 4 is 5.57 Å². The van der Waals surface area contributed by atoms with Crippen LogP contribution in [0.3, 0.4) is 0 Å². The molecule has 0 spiro atoms. The van der Waals surface area contributed by atoms with Crippen LogP contribution in [0.5, 0.6) is 5.75 Å². The number of aryl methyl sites for hydroxylation is 1. The van der Waals surface area contributed by atoms with E-state index in [2.05, 4.69) is 43.4 Å². The lowest BCUT2D eigenvalue weighted by molar-refractivity contribution is 0.411. The maximum absolute atomic E-state index is 5.40. The topological polar surface area (TPSA) is 9.23 Å². The fourth-order valence-corrected chi connectivity index (χ4v) is 2.70. The van der Waals surface area contributed by atoms with E-state index in [-0.39, 0.29) is 0 Å². The average Bonchev–Trinajstić information content (AvgIpc) is 2.83. The number of allylic oxidation sites excluding steroid dienone is 6. The van der Waals surface area contributed by atoms with Crippen LogP contribution in [-0.2, 0) is 0 Å². The predicted molar refractivity (Wildman–Crippen MR) is 75.7 cm³/mol. The van der Waals surface area contributed by atoms with Gasteiger partial charge in [0.05, 0.1) is 7.11 Å². The summed E-state index contributed by atoms with van der Waals surface area (Å²) >= 11 is 0. The Balaban J connectivity index is 2.00. The Hall–Kier alpha value is -1.76. The van der Waals surface area contributed by atoms with E-state index in [9.17, 15) is 0 Å². The van der Waals surface area contributed by atoms with Crippen LogP contribution in [0.15, 0.2) is 47.6 Å². The average molecular weight is 238 g/mol. The molecular formula is C17H18O. The number of rotatable bonds is 2. The van der Waals surface area contributed by atoms with Crippen LogP contribution in [0, 0.1) is 6.92 Å². The highest BCUT2D eigenvalue weighted by atomic mass is 16.5. The molecule has 2 aliphatic rings. The molecule has 0 heterocycles. The van der Waals surface area contributed by atoms with Gasteiger partial charge in [0.25, 0.3) is 0 Å². The Morgan fingerprint density at radius 1 is 1.11 bits per heavy atom. The lowest BCUT2D eigenvalue weighted by atomic mass is 9.96. The summed E-state index contributed by atoms with van der Waals surface area (Å²) in [6.45, 7) is 2.08. The Morgan fingerprint density at radius 3 is 2.78 bits per heavy atom. The van der Waals surface area contributed by atoms with Gasteiger partial charge in [0.1, 0.15) is 5.75 Å². The Labute approximate surface area is 108 Å². The molecule has 1 aromatic carbocycles. The highest BCUT2D eigenvalue weighted by Crippen LogP contribution is 2.37. The Bertz CT molecular complexity index is 573. The van der Waals surface area contributed by atoms with E-state index in [4.69, 9.17) is 4.74 Å². The molecule has 3 rings (SSSR count). The van der Waals surface area contributed by atoms with Gasteiger partial charge in [0.2, 0.25) is 0 Å². The van der Waals surface area contributed by atoms with Crippen molar-refractivity contribution in [3.8, 4) is 5.75 Å². The third kappa shape index (κ3) is 1.90. The van der Waals surface area contributed by atoms with Crippen LogP contribution in [0.1, 0.15) is 30.4 Å². The van der Waals surface area contributed by atoms with Crippen molar-refractivity contribution in [1.29, 1.82) is 0 Å². The summed E-state index contributed by atoms with van der Waals surface area (Å²) in [5, 5.41) is 0. The van der Waals surface area contributed by atoms with Crippen LogP contribution >= 0.6 is 0 Å². The van der Waals surface area contributed by atoms with Gasteiger partial charge in [0.15, 0.2) is 0 Å². The number of hydrogen-bond donors (Lipinski definition) is 0. The van der Waals surface area contributed by atoms with Crippen molar-refractivity contribution < 1.29 is 4.74 Å². The minimum absolute atomic E-state index is 0.968. The zero-order valence-electron chi connectivity index (χ0n) is 11.0. The molecule has 1 heteroatoms. The molecule has 1 nitrogen and oxygen atoms in total. The predicted octanol–water partition coefficient (Wildman–Crippen LogP) is 4.44. The van der Waals surface area contributed by atoms with E-state index in [1.165, 1.54) is 47.1 Å². The molecule has 0 aromatic heterocycles. The van der Waals surface area contributed by atoms with Crippen molar-refractivity contribution in [3.63, 3.8) is 0 Å². The molecule has 1 aromatic rings. The monoisotopic (exact) mass is 238 g/mol. The van der Waals surface area contributed by atoms with E-state index in [0.29, 0.717) is 0 Å². The van der Waals surface area contributed by atoms with E-state index < -0.39 is 0 Å². The highest BCUT2D eigenvalue weighted by Gasteiger charge is 2.16. The molecule has 0 saturated heterocycles. The van der Waals surface area contributed by atoms with Gasteiger partial charge < -0.3 is 4.74 Å². The molecule has 0 aliphatic heterocycles.